The second-order valence-corrected chi connectivity index (χ2v) is 12.1. The number of amides is 2. The lowest BCUT2D eigenvalue weighted by Crippen LogP contribution is -2.71. The predicted molar refractivity (Wildman–Crippen MR) is 164 cm³/mol. The number of carbonyl (C=O) groups excluding carboxylic acids is 2. The molecule has 2 aromatic carbocycles. The summed E-state index contributed by atoms with van der Waals surface area (Å²) in [6.45, 7) is 2.49. The fourth-order valence-corrected chi connectivity index (χ4v) is 7.20. The molecule has 1 saturated heterocycles. The Labute approximate surface area is 252 Å². The summed E-state index contributed by atoms with van der Waals surface area (Å²) < 4.78 is 2.03. The molecule has 10 heteroatoms. The lowest BCUT2D eigenvalue weighted by Gasteiger charge is -2.55. The average Bonchev–Trinajstić information content (AvgIpc) is 3.55. The zero-order valence-electron chi connectivity index (χ0n) is 24.6. The summed E-state index contributed by atoms with van der Waals surface area (Å²) in [5, 5.41) is 11.7. The molecule has 6 rings (SSSR count). The van der Waals surface area contributed by atoms with Crippen molar-refractivity contribution in [1.82, 2.24) is 19.4 Å². The highest BCUT2D eigenvalue weighted by molar-refractivity contribution is 6.05. The van der Waals surface area contributed by atoms with Crippen molar-refractivity contribution < 1.29 is 14.5 Å². The van der Waals surface area contributed by atoms with Gasteiger partial charge in [0.25, 0.3) is 11.6 Å². The van der Waals surface area contributed by atoms with Gasteiger partial charge in [0.1, 0.15) is 12.2 Å². The van der Waals surface area contributed by atoms with Gasteiger partial charge in [-0.15, -0.1) is 0 Å². The van der Waals surface area contributed by atoms with Crippen LogP contribution in [0.15, 0.2) is 67.3 Å². The first-order chi connectivity index (χ1) is 21.0. The lowest BCUT2D eigenvalue weighted by atomic mass is 9.80. The highest BCUT2D eigenvalue weighted by atomic mass is 16.6. The SMILES string of the molecule is O=C1[C@H](C2CCCCC2)N2C(=O)c3cc([N+](=O)[O-])ccc3N(CCCn3ccnc3)C2CN1CCCCc1ccccc1. The van der Waals surface area contributed by atoms with Crippen molar-refractivity contribution in [2.75, 3.05) is 24.5 Å². The van der Waals surface area contributed by atoms with Gasteiger partial charge in [0.05, 0.1) is 29.0 Å². The number of hydrogen-bond acceptors (Lipinski definition) is 6. The number of piperazine rings is 1. The van der Waals surface area contributed by atoms with Gasteiger partial charge in [0.15, 0.2) is 0 Å². The first-order valence-electron chi connectivity index (χ1n) is 15.7. The summed E-state index contributed by atoms with van der Waals surface area (Å²) in [5.74, 6) is -0.140. The third kappa shape index (κ3) is 6.14. The number of benzene rings is 2. The van der Waals surface area contributed by atoms with Crippen molar-refractivity contribution in [1.29, 1.82) is 0 Å². The van der Waals surface area contributed by atoms with Gasteiger partial charge in [-0.1, -0.05) is 49.6 Å². The molecule has 1 saturated carbocycles. The number of imidazole rings is 1. The fourth-order valence-electron chi connectivity index (χ4n) is 7.20. The zero-order chi connectivity index (χ0) is 29.8. The third-order valence-corrected chi connectivity index (χ3v) is 9.35. The van der Waals surface area contributed by atoms with Gasteiger partial charge in [-0.25, -0.2) is 4.98 Å². The normalized spacial score (nSPS) is 20.7. The Morgan fingerprint density at radius 3 is 2.49 bits per heavy atom. The third-order valence-electron chi connectivity index (χ3n) is 9.35. The molecule has 1 unspecified atom stereocenters. The predicted octanol–water partition coefficient (Wildman–Crippen LogP) is 5.28. The standard InChI is InChI=1S/C33H40N6O4/c40-32-28-22-27(39(42)43)15-16-29(28)37(20-9-18-35-21-17-34-24-35)30-23-36(19-8-7-12-25-10-3-1-4-11-25)33(41)31(38(30)32)26-13-5-2-6-14-26/h1,3-4,10-11,15-17,21-22,24,26,30-31H,2,5-9,12-14,18-20,23H2/t30?,31-/m0/s1. The van der Waals surface area contributed by atoms with E-state index in [1.54, 1.807) is 18.6 Å². The quantitative estimate of drug-likeness (QED) is 0.172. The second kappa shape index (κ2) is 13.0. The molecule has 1 aliphatic carbocycles. The molecule has 1 aromatic heterocycles. The monoisotopic (exact) mass is 584 g/mol. The van der Waals surface area contributed by atoms with Crippen LogP contribution in [0.5, 0.6) is 0 Å². The topological polar surface area (TPSA) is 105 Å². The van der Waals surface area contributed by atoms with Crippen LogP contribution in [0, 0.1) is 16.0 Å². The Morgan fingerprint density at radius 1 is 0.930 bits per heavy atom. The number of unbranched alkanes of at least 4 members (excludes halogenated alkanes) is 1. The van der Waals surface area contributed by atoms with Crippen molar-refractivity contribution >= 4 is 23.2 Å². The van der Waals surface area contributed by atoms with Gasteiger partial charge < -0.3 is 19.3 Å². The molecule has 226 valence electrons. The van der Waals surface area contributed by atoms with E-state index < -0.39 is 11.0 Å². The van der Waals surface area contributed by atoms with E-state index in [0.29, 0.717) is 30.9 Å². The summed E-state index contributed by atoms with van der Waals surface area (Å²) >= 11 is 0. The Bertz CT molecular complexity index is 1420. The molecule has 3 aliphatic rings. The number of hydrogen-bond donors (Lipinski definition) is 0. The Balaban J connectivity index is 1.30. The number of nitro groups is 1. The molecule has 3 aromatic rings. The number of nitro benzene ring substituents is 1. The van der Waals surface area contributed by atoms with Gasteiger partial charge in [-0.05, 0) is 56.1 Å². The molecule has 0 radical (unpaired) electrons. The van der Waals surface area contributed by atoms with E-state index in [2.05, 4.69) is 34.1 Å². The number of aromatic nitrogens is 2. The largest absolute Gasteiger partial charge is 0.349 e. The van der Waals surface area contributed by atoms with Crippen LogP contribution < -0.4 is 4.90 Å². The fraction of sp³-hybridized carbons (Fsp3) is 0.485. The molecule has 3 heterocycles. The Morgan fingerprint density at radius 2 is 1.74 bits per heavy atom. The van der Waals surface area contributed by atoms with E-state index in [9.17, 15) is 19.7 Å². The molecule has 2 atom stereocenters. The number of aryl methyl sites for hydroxylation is 2. The second-order valence-electron chi connectivity index (χ2n) is 12.1. The molecule has 2 aliphatic heterocycles. The summed E-state index contributed by atoms with van der Waals surface area (Å²) in [6, 6.07) is 14.5. The van der Waals surface area contributed by atoms with Crippen LogP contribution in [0.2, 0.25) is 0 Å². The van der Waals surface area contributed by atoms with Gasteiger partial charge in [-0.3, -0.25) is 19.7 Å². The van der Waals surface area contributed by atoms with Crippen molar-refractivity contribution in [2.24, 2.45) is 5.92 Å². The van der Waals surface area contributed by atoms with Crippen molar-refractivity contribution in [3.63, 3.8) is 0 Å². The highest BCUT2D eigenvalue weighted by Crippen LogP contribution is 2.41. The van der Waals surface area contributed by atoms with Crippen LogP contribution in [0.4, 0.5) is 11.4 Å². The van der Waals surface area contributed by atoms with Crippen molar-refractivity contribution in [2.45, 2.75) is 76.5 Å². The average molecular weight is 585 g/mol. The molecule has 10 nitrogen and oxygen atoms in total. The maximum absolute atomic E-state index is 14.2. The van der Waals surface area contributed by atoms with E-state index in [4.69, 9.17) is 0 Å². The van der Waals surface area contributed by atoms with Crippen LogP contribution in [0.25, 0.3) is 0 Å². The number of fused-ring (bicyclic) bond motifs is 2. The van der Waals surface area contributed by atoms with Gasteiger partial charge in [0, 0.05) is 44.2 Å². The summed E-state index contributed by atoms with van der Waals surface area (Å²) in [4.78, 5) is 49.9. The van der Waals surface area contributed by atoms with Gasteiger partial charge in [-0.2, -0.15) is 0 Å². The first-order valence-corrected chi connectivity index (χ1v) is 15.7. The molecule has 2 fully saturated rings. The maximum atomic E-state index is 14.2. The van der Waals surface area contributed by atoms with E-state index >= 15 is 0 Å². The van der Waals surface area contributed by atoms with E-state index in [-0.39, 0.29) is 29.6 Å². The molecular weight excluding hydrogens is 544 g/mol. The minimum Gasteiger partial charge on any atom is -0.349 e. The number of non-ortho nitro benzene ring substituents is 1. The zero-order valence-corrected chi connectivity index (χ0v) is 24.6. The van der Waals surface area contributed by atoms with E-state index in [0.717, 1.165) is 64.3 Å². The van der Waals surface area contributed by atoms with Crippen molar-refractivity contribution in [3.8, 4) is 0 Å². The van der Waals surface area contributed by atoms with Gasteiger partial charge >= 0.3 is 0 Å². The summed E-state index contributed by atoms with van der Waals surface area (Å²) in [6.07, 6.45) is 13.9. The molecule has 43 heavy (non-hydrogen) atoms. The highest BCUT2D eigenvalue weighted by Gasteiger charge is 2.51. The van der Waals surface area contributed by atoms with Crippen LogP contribution in [-0.4, -0.2) is 67.9 Å². The number of carbonyl (C=O) groups is 2. The minimum atomic E-state index is -0.552. The van der Waals surface area contributed by atoms with Crippen LogP contribution >= 0.6 is 0 Å². The van der Waals surface area contributed by atoms with E-state index in [1.807, 2.05) is 26.6 Å². The Kier molecular flexibility index (Phi) is 8.72. The van der Waals surface area contributed by atoms with Gasteiger partial charge in [0.2, 0.25) is 5.91 Å². The van der Waals surface area contributed by atoms with Crippen LogP contribution in [-0.2, 0) is 17.8 Å². The molecular formula is C33H40N6O4. The summed E-state index contributed by atoms with van der Waals surface area (Å²) in [7, 11) is 0. The number of anilines is 1. The Hall–Kier alpha value is -4.21. The summed E-state index contributed by atoms with van der Waals surface area (Å²) in [5.41, 5.74) is 2.22. The lowest BCUT2D eigenvalue weighted by molar-refractivity contribution is -0.384. The first kappa shape index (κ1) is 28.9. The smallest absolute Gasteiger partial charge is 0.270 e. The number of rotatable bonds is 11. The molecule has 0 bridgehead atoms. The van der Waals surface area contributed by atoms with Crippen LogP contribution in [0.3, 0.4) is 0 Å². The molecule has 0 spiro atoms. The van der Waals surface area contributed by atoms with Crippen LogP contribution in [0.1, 0.15) is 67.3 Å². The number of nitrogens with zero attached hydrogens (tertiary/aromatic N) is 6. The van der Waals surface area contributed by atoms with E-state index in [1.165, 1.54) is 17.7 Å². The minimum absolute atomic E-state index is 0.0310. The van der Waals surface area contributed by atoms with Crippen molar-refractivity contribution in [3.05, 3.63) is 88.5 Å². The maximum Gasteiger partial charge on any atom is 0.270 e. The molecule has 2 amide bonds. The molecule has 0 N–H and O–H groups in total.